The highest BCUT2D eigenvalue weighted by molar-refractivity contribution is 7.80. The average molecular weight is 284 g/mol. The summed E-state index contributed by atoms with van der Waals surface area (Å²) < 4.78 is 11.9. The highest BCUT2D eigenvalue weighted by Crippen LogP contribution is 2.43. The molecule has 2 saturated heterocycles. The maximum atomic E-state index is 6.36. The van der Waals surface area contributed by atoms with Crippen molar-refractivity contribution in [3.8, 4) is 0 Å². The van der Waals surface area contributed by atoms with Crippen LogP contribution in [0.1, 0.15) is 38.5 Å². The van der Waals surface area contributed by atoms with Crippen LogP contribution in [0.5, 0.6) is 0 Å². The van der Waals surface area contributed by atoms with Crippen LogP contribution in [0, 0.1) is 0 Å². The Bertz CT molecular complexity index is 344. The van der Waals surface area contributed by atoms with E-state index in [9.17, 15) is 0 Å². The second-order valence-electron chi connectivity index (χ2n) is 6.19. The van der Waals surface area contributed by atoms with E-state index >= 15 is 0 Å². The summed E-state index contributed by atoms with van der Waals surface area (Å²) >= 11 is 5.03. The van der Waals surface area contributed by atoms with Crippen molar-refractivity contribution < 1.29 is 9.47 Å². The van der Waals surface area contributed by atoms with E-state index in [4.69, 9.17) is 27.4 Å². The molecule has 0 amide bonds. The lowest BCUT2D eigenvalue weighted by Gasteiger charge is -2.34. The van der Waals surface area contributed by atoms with Crippen molar-refractivity contribution in [3.05, 3.63) is 0 Å². The average Bonchev–Trinajstić information content (AvgIpc) is 3.01. The smallest absolute Gasteiger partial charge is 0.120 e. The number of ether oxygens (including phenoxy) is 2. The number of hydrogen-bond donors (Lipinski definition) is 1. The fourth-order valence-electron chi connectivity index (χ4n) is 3.74. The molecule has 3 fully saturated rings. The molecular weight excluding hydrogens is 260 g/mol. The Morgan fingerprint density at radius 3 is 2.84 bits per heavy atom. The summed E-state index contributed by atoms with van der Waals surface area (Å²) in [5.74, 6) is 0. The summed E-state index contributed by atoms with van der Waals surface area (Å²) in [7, 11) is 0. The predicted octanol–water partition coefficient (Wildman–Crippen LogP) is 1.47. The number of rotatable bonds is 3. The van der Waals surface area contributed by atoms with Gasteiger partial charge in [-0.15, -0.1) is 0 Å². The summed E-state index contributed by atoms with van der Waals surface area (Å²) in [5.41, 5.74) is 5.92. The SMILES string of the molecule is NC(=S)C1CN(CC2CCC3(CCCC3)O2)CCO1. The molecule has 2 atom stereocenters. The fraction of sp³-hybridized carbons (Fsp3) is 0.929. The van der Waals surface area contributed by atoms with Gasteiger partial charge >= 0.3 is 0 Å². The Kier molecular flexibility index (Phi) is 4.08. The van der Waals surface area contributed by atoms with Crippen molar-refractivity contribution in [1.29, 1.82) is 0 Å². The van der Waals surface area contributed by atoms with Gasteiger partial charge in [0.2, 0.25) is 0 Å². The third-order valence-corrected chi connectivity index (χ3v) is 5.05. The number of nitrogens with zero attached hydrogens (tertiary/aromatic N) is 1. The van der Waals surface area contributed by atoms with Crippen LogP contribution < -0.4 is 5.73 Å². The molecule has 0 aromatic rings. The van der Waals surface area contributed by atoms with E-state index in [0.717, 1.165) is 26.2 Å². The third kappa shape index (κ3) is 3.10. The molecule has 3 aliphatic rings. The van der Waals surface area contributed by atoms with E-state index in [1.54, 1.807) is 0 Å². The molecule has 2 aliphatic heterocycles. The van der Waals surface area contributed by atoms with Crippen LogP contribution in [0.3, 0.4) is 0 Å². The molecular formula is C14H24N2O2S. The lowest BCUT2D eigenvalue weighted by atomic mass is 9.98. The van der Waals surface area contributed by atoms with Crippen LogP contribution in [-0.4, -0.2) is 53.9 Å². The van der Waals surface area contributed by atoms with E-state index in [1.807, 2.05) is 0 Å². The van der Waals surface area contributed by atoms with Crippen LogP contribution in [-0.2, 0) is 9.47 Å². The zero-order chi connectivity index (χ0) is 13.3. The van der Waals surface area contributed by atoms with Gasteiger partial charge in [0.25, 0.3) is 0 Å². The van der Waals surface area contributed by atoms with Crippen LogP contribution in [0.2, 0.25) is 0 Å². The number of nitrogens with two attached hydrogens (primary N) is 1. The quantitative estimate of drug-likeness (QED) is 0.795. The van der Waals surface area contributed by atoms with Gasteiger partial charge in [-0.3, -0.25) is 4.90 Å². The van der Waals surface area contributed by atoms with Crippen molar-refractivity contribution in [2.45, 2.75) is 56.3 Å². The highest BCUT2D eigenvalue weighted by atomic mass is 32.1. The van der Waals surface area contributed by atoms with Crippen molar-refractivity contribution in [1.82, 2.24) is 4.90 Å². The molecule has 1 spiro atoms. The molecule has 5 heteroatoms. The van der Waals surface area contributed by atoms with Gasteiger partial charge in [0, 0.05) is 19.6 Å². The predicted molar refractivity (Wildman–Crippen MR) is 78.3 cm³/mol. The second-order valence-corrected chi connectivity index (χ2v) is 6.66. The molecule has 0 aromatic heterocycles. The van der Waals surface area contributed by atoms with E-state index in [2.05, 4.69) is 4.90 Å². The third-order valence-electron chi connectivity index (χ3n) is 4.78. The van der Waals surface area contributed by atoms with E-state index < -0.39 is 0 Å². The van der Waals surface area contributed by atoms with E-state index in [1.165, 1.54) is 38.5 Å². The van der Waals surface area contributed by atoms with Gasteiger partial charge in [-0.25, -0.2) is 0 Å². The van der Waals surface area contributed by atoms with Crippen molar-refractivity contribution in [3.63, 3.8) is 0 Å². The van der Waals surface area contributed by atoms with E-state index in [-0.39, 0.29) is 11.7 Å². The molecule has 0 bridgehead atoms. The Balaban J connectivity index is 1.50. The maximum absolute atomic E-state index is 6.36. The molecule has 4 nitrogen and oxygen atoms in total. The second kappa shape index (κ2) is 5.64. The Morgan fingerprint density at radius 1 is 1.32 bits per heavy atom. The van der Waals surface area contributed by atoms with Crippen LogP contribution >= 0.6 is 12.2 Å². The lowest BCUT2D eigenvalue weighted by Crippen LogP contribution is -2.49. The molecule has 2 heterocycles. The number of morpholine rings is 1. The Hall–Kier alpha value is -0.230. The highest BCUT2D eigenvalue weighted by Gasteiger charge is 2.42. The standard InChI is InChI=1S/C14H24N2O2S/c15-13(19)12-10-16(7-8-17-12)9-11-3-6-14(18-11)4-1-2-5-14/h11-12H,1-10H2,(H2,15,19). The molecule has 108 valence electrons. The summed E-state index contributed by atoms with van der Waals surface area (Å²) in [6.07, 6.45) is 7.98. The molecule has 0 radical (unpaired) electrons. The molecule has 1 aliphatic carbocycles. The first-order chi connectivity index (χ1) is 9.17. The Morgan fingerprint density at radius 2 is 2.11 bits per heavy atom. The normalized spacial score (nSPS) is 34.9. The molecule has 19 heavy (non-hydrogen) atoms. The van der Waals surface area contributed by atoms with Gasteiger partial charge < -0.3 is 15.2 Å². The van der Waals surface area contributed by atoms with Crippen LogP contribution in [0.25, 0.3) is 0 Å². The van der Waals surface area contributed by atoms with E-state index in [0.29, 0.717) is 11.1 Å². The summed E-state index contributed by atoms with van der Waals surface area (Å²) in [6.45, 7) is 3.51. The topological polar surface area (TPSA) is 47.7 Å². The zero-order valence-corrected chi connectivity index (χ0v) is 12.3. The summed E-state index contributed by atoms with van der Waals surface area (Å²) in [6, 6.07) is 0. The van der Waals surface area contributed by atoms with Gasteiger partial charge in [-0.05, 0) is 25.7 Å². The molecule has 0 aromatic carbocycles. The first-order valence-corrected chi connectivity index (χ1v) is 7.89. The molecule has 2 N–H and O–H groups in total. The summed E-state index contributed by atoms with van der Waals surface area (Å²) in [4.78, 5) is 2.87. The van der Waals surface area contributed by atoms with Crippen LogP contribution in [0.15, 0.2) is 0 Å². The number of hydrogen-bond acceptors (Lipinski definition) is 4. The summed E-state index contributed by atoms with van der Waals surface area (Å²) in [5, 5.41) is 0. The van der Waals surface area contributed by atoms with Crippen molar-refractivity contribution >= 4 is 17.2 Å². The Labute approximate surface area is 120 Å². The minimum absolute atomic E-state index is 0.0782. The maximum Gasteiger partial charge on any atom is 0.120 e. The minimum atomic E-state index is -0.0782. The van der Waals surface area contributed by atoms with Crippen molar-refractivity contribution in [2.24, 2.45) is 5.73 Å². The van der Waals surface area contributed by atoms with Gasteiger partial charge in [0.1, 0.15) is 11.1 Å². The lowest BCUT2D eigenvalue weighted by molar-refractivity contribution is -0.0630. The number of thiocarbonyl (C=S) groups is 1. The van der Waals surface area contributed by atoms with Gasteiger partial charge in [-0.2, -0.15) is 0 Å². The molecule has 2 unspecified atom stereocenters. The zero-order valence-electron chi connectivity index (χ0n) is 11.5. The fourth-order valence-corrected chi connectivity index (χ4v) is 3.88. The molecule has 1 saturated carbocycles. The minimum Gasteiger partial charge on any atom is -0.391 e. The first kappa shape index (κ1) is 13.7. The van der Waals surface area contributed by atoms with Gasteiger partial charge in [0.05, 0.1) is 18.3 Å². The first-order valence-electron chi connectivity index (χ1n) is 7.48. The molecule has 3 rings (SSSR count). The van der Waals surface area contributed by atoms with Crippen LogP contribution in [0.4, 0.5) is 0 Å². The largest absolute Gasteiger partial charge is 0.391 e. The monoisotopic (exact) mass is 284 g/mol. The van der Waals surface area contributed by atoms with Gasteiger partial charge in [0.15, 0.2) is 0 Å². The van der Waals surface area contributed by atoms with Gasteiger partial charge in [-0.1, -0.05) is 25.1 Å². The van der Waals surface area contributed by atoms with Crippen molar-refractivity contribution in [2.75, 3.05) is 26.2 Å².